The zero-order valence-electron chi connectivity index (χ0n) is 73.4. The van der Waals surface area contributed by atoms with Gasteiger partial charge in [0.15, 0.2) is 56.7 Å². The summed E-state index contributed by atoms with van der Waals surface area (Å²) in [5.74, 6) is 3.38. The highest BCUT2D eigenvalue weighted by Crippen LogP contribution is 2.43. The van der Waals surface area contributed by atoms with E-state index in [1.807, 2.05) is 194 Å². The van der Waals surface area contributed by atoms with Crippen LogP contribution >= 0.6 is 23.2 Å². The fraction of sp³-hybridized carbons (Fsp3) is 0. The Morgan fingerprint density at radius 3 is 0.479 bits per heavy atom. The van der Waals surface area contributed by atoms with E-state index in [0.29, 0.717) is 123 Å². The van der Waals surface area contributed by atoms with Crippen molar-refractivity contribution in [2.24, 2.45) is 0 Å². The van der Waals surface area contributed by atoms with E-state index in [2.05, 4.69) is 59.8 Å². The van der Waals surface area contributed by atoms with Crippen LogP contribution in [0.25, 0.3) is 200 Å². The van der Waals surface area contributed by atoms with Crippen LogP contribution in [0.15, 0.2) is 243 Å². The number of halogens is 2. The lowest BCUT2D eigenvalue weighted by Gasteiger charge is -2.13. The van der Waals surface area contributed by atoms with Gasteiger partial charge in [0.2, 0.25) is 45.3 Å². The molecule has 44 heteroatoms. The molecular weight excluding hydrogens is 1900 g/mol. The lowest BCUT2D eigenvalue weighted by molar-refractivity contribution is 0.394. The highest BCUT2D eigenvalue weighted by atomic mass is 35.5. The van der Waals surface area contributed by atoms with Crippen molar-refractivity contribution in [3.8, 4) is 106 Å². The van der Waals surface area contributed by atoms with Gasteiger partial charge in [0.25, 0.3) is 35.3 Å². The summed E-state index contributed by atoms with van der Waals surface area (Å²) >= 11 is 12.4. The molecule has 27 rings (SSSR count). The molecule has 15 heterocycles. The van der Waals surface area contributed by atoms with Crippen molar-refractivity contribution in [1.82, 2.24) is 150 Å². The average Bonchev–Trinajstić information content (AvgIpc) is 0.719. The first-order chi connectivity index (χ1) is 71.7. The van der Waals surface area contributed by atoms with E-state index in [0.717, 1.165) is 0 Å². The molecule has 678 valence electrons. The van der Waals surface area contributed by atoms with Gasteiger partial charge in [-0.05, 0) is 109 Å². The SMILES string of the molecule is N#Cc1nc2nc3c4nc5cc(Cl)c(Cl)cc5nc4c4nc5nc(C#N)c(C#N)nc5nc4c3nc2nc1C#N.N#Cc1nc2nc3c4nc5ccccc5nc4c4nc5nc(Oc6ccccc6)c(C#N)nc5nc4c3nc2nc1Oc1ccccc1.c1ccc(Oc2nc3nc4c5nc6ccccc6nc5c5nc6nc(Oc7ccccc7)c(Oc7ccccc7)nc6nc5c4nc3nc2Oc2ccccc2)cc1. The van der Waals surface area contributed by atoms with Crippen molar-refractivity contribution >= 4 is 223 Å². The molecule has 42 nitrogen and oxygen atoms in total. The predicted octanol–water partition coefficient (Wildman–Crippen LogP) is 19.0. The molecule has 0 aliphatic rings. The Morgan fingerprint density at radius 2 is 0.295 bits per heavy atom. The second kappa shape index (κ2) is 35.1. The Kier molecular flexibility index (Phi) is 20.6. The summed E-state index contributed by atoms with van der Waals surface area (Å²) in [4.78, 5) is 140. The fourth-order valence-corrected chi connectivity index (χ4v) is 16.0. The number of hydrogen-bond acceptors (Lipinski definition) is 42. The molecule has 146 heavy (non-hydrogen) atoms. The first-order valence-electron chi connectivity index (χ1n) is 43.4. The van der Waals surface area contributed by atoms with Crippen LogP contribution in [0.5, 0.6) is 69.8 Å². The third-order valence-electron chi connectivity index (χ3n) is 22.2. The van der Waals surface area contributed by atoms with Gasteiger partial charge in [0.1, 0.15) is 170 Å². The summed E-state index contributed by atoms with van der Waals surface area (Å²) in [6.07, 6.45) is 0. The Balaban J connectivity index is 0.000000116. The maximum Gasteiger partial charge on any atom is 0.286 e. The van der Waals surface area contributed by atoms with Gasteiger partial charge < -0.3 is 28.4 Å². The van der Waals surface area contributed by atoms with E-state index in [4.69, 9.17) is 141 Å². The Labute approximate surface area is 821 Å². The monoisotopic (exact) mass is 1930 g/mol. The second-order valence-corrected chi connectivity index (χ2v) is 32.1. The Morgan fingerprint density at radius 1 is 0.151 bits per heavy atom. The molecule has 0 spiro atoms. The first kappa shape index (κ1) is 85.5. The molecule has 0 radical (unpaired) electrons. The first-order valence-corrected chi connectivity index (χ1v) is 44.1. The summed E-state index contributed by atoms with van der Waals surface area (Å²) in [6, 6.07) is 84.1. The van der Waals surface area contributed by atoms with Crippen LogP contribution in [0.3, 0.4) is 0 Å². The number of ether oxygens (including phenoxy) is 6. The van der Waals surface area contributed by atoms with Crippen LogP contribution in [0, 0.1) is 68.0 Å². The van der Waals surface area contributed by atoms with Crippen LogP contribution in [0.2, 0.25) is 10.0 Å². The van der Waals surface area contributed by atoms with E-state index in [-0.39, 0.29) is 191 Å². The highest BCUT2D eigenvalue weighted by Gasteiger charge is 2.30. The molecule has 0 amide bonds. The smallest absolute Gasteiger partial charge is 0.286 e. The minimum atomic E-state index is -0.226. The lowest BCUT2D eigenvalue weighted by Crippen LogP contribution is -2.04. The zero-order valence-corrected chi connectivity index (χ0v) is 74.9. The summed E-state index contributed by atoms with van der Waals surface area (Å²) in [6.45, 7) is 0. The number of para-hydroxylation sites is 10. The van der Waals surface area contributed by atoms with Crippen LogP contribution in [0.4, 0.5) is 0 Å². The molecule has 0 saturated carbocycles. The van der Waals surface area contributed by atoms with Crippen LogP contribution in [-0.2, 0) is 0 Å². The quantitative estimate of drug-likeness (QED) is 0.0809. The fourth-order valence-electron chi connectivity index (χ4n) is 15.7. The van der Waals surface area contributed by atoms with Crippen molar-refractivity contribution in [2.75, 3.05) is 0 Å². The third-order valence-corrected chi connectivity index (χ3v) is 22.9. The topological polar surface area (TPSA) is 585 Å². The summed E-state index contributed by atoms with van der Waals surface area (Å²) in [5.41, 5.74) is 8.69. The second-order valence-electron chi connectivity index (χ2n) is 31.3. The maximum absolute atomic E-state index is 9.90. The van der Waals surface area contributed by atoms with E-state index in [1.165, 1.54) is 0 Å². The Hall–Kier alpha value is -22.2. The summed E-state index contributed by atoms with van der Waals surface area (Å²) in [7, 11) is 0. The largest absolute Gasteiger partial charge is 0.436 e. The van der Waals surface area contributed by atoms with E-state index in [1.54, 1.807) is 84.9 Å². The van der Waals surface area contributed by atoms with Crippen LogP contribution < -0.4 is 28.4 Å². The molecular formula is C102H40Cl2N36O6. The molecule has 0 atom stereocenters. The normalized spacial score (nSPS) is 11.3. The van der Waals surface area contributed by atoms with Gasteiger partial charge in [0, 0.05) is 0 Å². The molecule has 0 N–H and O–H groups in total. The molecule has 0 saturated heterocycles. The minimum Gasteiger partial charge on any atom is -0.436 e. The number of aromatic nitrogens is 30. The number of rotatable bonds is 12. The van der Waals surface area contributed by atoms with Gasteiger partial charge in [-0.1, -0.05) is 157 Å². The molecule has 0 unspecified atom stereocenters. The molecule has 0 aliphatic carbocycles. The Bertz CT molecular complexity index is 10200. The highest BCUT2D eigenvalue weighted by molar-refractivity contribution is 6.43. The minimum absolute atomic E-state index is 0.0151. The van der Waals surface area contributed by atoms with Gasteiger partial charge in [-0.15, -0.1) is 0 Å². The number of nitrogens with zero attached hydrogens (tertiary/aromatic N) is 36. The van der Waals surface area contributed by atoms with Gasteiger partial charge >= 0.3 is 0 Å². The van der Waals surface area contributed by atoms with Gasteiger partial charge in [-0.2, -0.15) is 61.5 Å². The lowest BCUT2D eigenvalue weighted by atomic mass is 10.1. The van der Waals surface area contributed by atoms with Gasteiger partial charge in [-0.3, -0.25) is 0 Å². The molecule has 0 fully saturated rings. The van der Waals surface area contributed by atoms with Crippen molar-refractivity contribution in [3.63, 3.8) is 0 Å². The average molecular weight is 1940 g/mol. The number of benzene rings is 12. The summed E-state index contributed by atoms with van der Waals surface area (Å²) in [5, 5.41) is 58.0. The van der Waals surface area contributed by atoms with Crippen molar-refractivity contribution in [2.45, 2.75) is 0 Å². The third kappa shape index (κ3) is 15.4. The van der Waals surface area contributed by atoms with E-state index < -0.39 is 0 Å². The van der Waals surface area contributed by atoms with E-state index in [9.17, 15) is 31.6 Å². The van der Waals surface area contributed by atoms with E-state index >= 15 is 0 Å². The predicted molar refractivity (Wildman–Crippen MR) is 526 cm³/mol. The molecule has 0 bridgehead atoms. The maximum atomic E-state index is 9.90. The standard InChI is InChI=1S/C44H24N10O4.C34H14N12O2.C24H2Cl2N14/c1-5-15-25(16-6-1)55-41-43(57-27-19-9-3-10-20-27)53-39-37(51-41)47-33-31-32(46-30-24-14-13-23-29(30)45-31)34-36(35(33)49-39)50-40-38(48-34)52-42(56-26-17-7-2-8-18-26)44(54-40)58-28-21-11-4-12-22-28;35-15-21-34(48-18-11-5-2-6-12-18)46-32-29(39-21)41-25-23-24(38-20-14-8-7-13-19(20)37-23)26-27(28(25)44-32)42-30-31(43-26)45-33(22(16-36)40-30)47-17-9-3-1-4-10-17;25-7-1-9-10(2-8(7)26)32-16-15(31-9)17-19(39-23-21(37-17)33-11(3-27)13(5-29)35-23)20-18(16)38-22-24(40-20)36-14(6-30)12(4-28)34-22/h1-24H;1-14H;1-2H. The number of nitriles is 6. The van der Waals surface area contributed by atoms with Gasteiger partial charge in [0.05, 0.1) is 43.1 Å². The van der Waals surface area contributed by atoms with Gasteiger partial charge in [-0.25, -0.2) is 120 Å². The zero-order chi connectivity index (χ0) is 98.3. The molecule has 12 aromatic carbocycles. The van der Waals surface area contributed by atoms with Crippen LogP contribution in [-0.4, -0.2) is 150 Å². The molecule has 0 aliphatic heterocycles. The summed E-state index contributed by atoms with van der Waals surface area (Å²) < 4.78 is 36.6. The van der Waals surface area contributed by atoms with Crippen molar-refractivity contribution in [3.05, 3.63) is 287 Å². The van der Waals surface area contributed by atoms with Crippen LogP contribution in [0.1, 0.15) is 34.2 Å². The molecule has 27 aromatic rings. The number of hydrogen-bond donors (Lipinski definition) is 0. The van der Waals surface area contributed by atoms with Crippen molar-refractivity contribution in [1.29, 1.82) is 31.6 Å². The number of fused-ring (bicyclic) bond motifs is 27. The molecule has 15 aromatic heterocycles. The van der Waals surface area contributed by atoms with Crippen molar-refractivity contribution < 1.29 is 28.4 Å².